The monoisotopic (exact) mass is 398 g/mol. The molecule has 1 aromatic heterocycles. The first-order valence-electron chi connectivity index (χ1n) is 7.94. The Kier molecular flexibility index (Phi) is 5.85. The molecule has 4 nitrogen and oxygen atoms in total. The van der Waals surface area contributed by atoms with Crippen LogP contribution in [-0.4, -0.2) is 23.9 Å². The number of aromatic nitrogens is 1. The fourth-order valence-electron chi connectivity index (χ4n) is 3.05. The van der Waals surface area contributed by atoms with Gasteiger partial charge >= 0.3 is 0 Å². The summed E-state index contributed by atoms with van der Waals surface area (Å²) in [5.41, 5.74) is 1.15. The number of ketones is 1. The first kappa shape index (κ1) is 18.5. The van der Waals surface area contributed by atoms with Gasteiger partial charge in [0.25, 0.3) is 0 Å². The molecule has 7 heteroatoms. The fraction of sp³-hybridized carbons (Fsp3) is 0.333. The van der Waals surface area contributed by atoms with Gasteiger partial charge < -0.3 is 10.1 Å². The van der Waals surface area contributed by atoms with Crippen molar-refractivity contribution in [1.82, 2.24) is 10.3 Å². The van der Waals surface area contributed by atoms with Gasteiger partial charge in [-0.05, 0) is 38.1 Å². The van der Waals surface area contributed by atoms with E-state index in [4.69, 9.17) is 39.5 Å². The summed E-state index contributed by atoms with van der Waals surface area (Å²) in [6, 6.07) is 5.15. The summed E-state index contributed by atoms with van der Waals surface area (Å²) in [6.07, 6.45) is 3.97. The van der Waals surface area contributed by atoms with Crippen LogP contribution in [0.4, 0.5) is 0 Å². The average molecular weight is 400 g/mol. The maximum atomic E-state index is 12.1. The number of pyridine rings is 1. The lowest BCUT2D eigenvalue weighted by Crippen LogP contribution is -2.22. The predicted octanol–water partition coefficient (Wildman–Crippen LogP) is 4.97. The normalized spacial score (nSPS) is 18.2. The van der Waals surface area contributed by atoms with Crippen LogP contribution in [0.2, 0.25) is 15.1 Å². The minimum atomic E-state index is -0.295. The number of nitrogens with one attached hydrogen (secondary N) is 1. The molecule has 0 bridgehead atoms. The minimum Gasteiger partial charge on any atom is -0.485 e. The van der Waals surface area contributed by atoms with E-state index in [1.54, 1.807) is 24.5 Å². The SMILES string of the molecule is CC(=O)c1c(OC(c2cncc(Cl)c2)C2CCNC2)ccc(Cl)c1Cl. The van der Waals surface area contributed by atoms with Crippen LogP contribution in [0.25, 0.3) is 0 Å². The first-order chi connectivity index (χ1) is 12.0. The number of rotatable bonds is 5. The second-order valence-electron chi connectivity index (χ2n) is 6.02. The Bertz CT molecular complexity index is 792. The lowest BCUT2D eigenvalue weighted by molar-refractivity contribution is 0.0997. The van der Waals surface area contributed by atoms with Crippen LogP contribution in [0.3, 0.4) is 0 Å². The number of halogens is 3. The molecule has 0 radical (unpaired) electrons. The molecule has 1 fully saturated rings. The van der Waals surface area contributed by atoms with Crippen LogP contribution in [0, 0.1) is 5.92 Å². The topological polar surface area (TPSA) is 51.2 Å². The molecule has 2 unspecified atom stereocenters. The van der Waals surface area contributed by atoms with Crippen LogP contribution >= 0.6 is 34.8 Å². The maximum absolute atomic E-state index is 12.1. The summed E-state index contributed by atoms with van der Waals surface area (Å²) < 4.78 is 6.27. The van der Waals surface area contributed by atoms with Gasteiger partial charge in [0, 0.05) is 30.4 Å². The van der Waals surface area contributed by atoms with E-state index in [0.29, 0.717) is 21.4 Å². The molecule has 2 aromatic rings. The van der Waals surface area contributed by atoms with Gasteiger partial charge in [-0.1, -0.05) is 34.8 Å². The summed E-state index contributed by atoms with van der Waals surface area (Å²) >= 11 is 18.4. The quantitative estimate of drug-likeness (QED) is 0.721. The lowest BCUT2D eigenvalue weighted by atomic mass is 9.95. The van der Waals surface area contributed by atoms with Gasteiger partial charge in [0.05, 0.1) is 20.6 Å². The molecule has 25 heavy (non-hydrogen) atoms. The molecule has 0 spiro atoms. The van der Waals surface area contributed by atoms with Crippen molar-refractivity contribution in [3.63, 3.8) is 0 Å². The van der Waals surface area contributed by atoms with Crippen molar-refractivity contribution in [3.05, 3.63) is 56.8 Å². The number of carbonyl (C=O) groups is 1. The number of ether oxygens (including phenoxy) is 1. The number of carbonyl (C=O) groups excluding carboxylic acids is 1. The standard InChI is InChI=1S/C18H17Cl3N2O2/c1-10(24)16-15(3-2-14(20)17(16)21)25-18(11-4-5-22-7-11)12-6-13(19)9-23-8-12/h2-3,6,8-9,11,18,22H,4-5,7H2,1H3. The van der Waals surface area contributed by atoms with E-state index in [1.807, 2.05) is 6.07 Å². The zero-order chi connectivity index (χ0) is 18.0. The Morgan fingerprint density at radius 3 is 2.76 bits per heavy atom. The van der Waals surface area contributed by atoms with Gasteiger partial charge in [-0.3, -0.25) is 9.78 Å². The molecule has 132 valence electrons. The fourth-order valence-corrected chi connectivity index (χ4v) is 3.68. The Morgan fingerprint density at radius 1 is 1.32 bits per heavy atom. The summed E-state index contributed by atoms with van der Waals surface area (Å²) in [5.74, 6) is 0.448. The van der Waals surface area contributed by atoms with Crippen LogP contribution in [0.5, 0.6) is 5.75 Å². The molecule has 3 rings (SSSR count). The van der Waals surface area contributed by atoms with Gasteiger partial charge in [0.2, 0.25) is 0 Å². The molecule has 2 atom stereocenters. The number of nitrogens with zero attached hydrogens (tertiary/aromatic N) is 1. The average Bonchev–Trinajstić information content (AvgIpc) is 3.09. The Balaban J connectivity index is 2.01. The largest absolute Gasteiger partial charge is 0.485 e. The molecule has 0 saturated carbocycles. The number of benzene rings is 1. The third-order valence-corrected chi connectivity index (χ3v) is 5.25. The smallest absolute Gasteiger partial charge is 0.165 e. The molecule has 1 aliphatic rings. The molecular weight excluding hydrogens is 383 g/mol. The van der Waals surface area contributed by atoms with Crippen LogP contribution in [0.15, 0.2) is 30.6 Å². The highest BCUT2D eigenvalue weighted by Gasteiger charge is 2.30. The number of hydrogen-bond donors (Lipinski definition) is 1. The number of Topliss-reactive ketones (excluding diaryl/α,β-unsaturated/α-hetero) is 1. The van der Waals surface area contributed by atoms with Crippen LogP contribution < -0.4 is 10.1 Å². The highest BCUT2D eigenvalue weighted by Crippen LogP contribution is 2.38. The first-order valence-corrected chi connectivity index (χ1v) is 9.07. The Morgan fingerprint density at radius 2 is 2.12 bits per heavy atom. The maximum Gasteiger partial charge on any atom is 0.165 e. The van der Waals surface area contributed by atoms with E-state index in [9.17, 15) is 4.79 Å². The van der Waals surface area contributed by atoms with Crippen LogP contribution in [-0.2, 0) is 0 Å². The second kappa shape index (κ2) is 7.92. The Hall–Kier alpha value is -1.33. The zero-order valence-electron chi connectivity index (χ0n) is 13.6. The van der Waals surface area contributed by atoms with Gasteiger partial charge in [-0.25, -0.2) is 0 Å². The molecule has 1 aliphatic heterocycles. The van der Waals surface area contributed by atoms with Gasteiger partial charge in [-0.2, -0.15) is 0 Å². The predicted molar refractivity (Wildman–Crippen MR) is 100 cm³/mol. The lowest BCUT2D eigenvalue weighted by Gasteiger charge is -2.26. The zero-order valence-corrected chi connectivity index (χ0v) is 15.8. The molecule has 1 aromatic carbocycles. The Labute approximate surface area is 161 Å². The molecule has 0 aliphatic carbocycles. The van der Waals surface area contributed by atoms with E-state index >= 15 is 0 Å². The van der Waals surface area contributed by atoms with Crippen molar-refractivity contribution in [3.8, 4) is 5.75 Å². The van der Waals surface area contributed by atoms with E-state index in [1.165, 1.54) is 6.92 Å². The molecule has 0 amide bonds. The van der Waals surface area contributed by atoms with Gasteiger partial charge in [0.1, 0.15) is 11.9 Å². The third kappa shape index (κ3) is 4.09. The van der Waals surface area contributed by atoms with E-state index in [2.05, 4.69) is 10.3 Å². The molecular formula is C18H17Cl3N2O2. The van der Waals surface area contributed by atoms with Gasteiger partial charge in [0.15, 0.2) is 5.78 Å². The summed E-state index contributed by atoms with van der Waals surface area (Å²) in [7, 11) is 0. The van der Waals surface area contributed by atoms with E-state index < -0.39 is 0 Å². The highest BCUT2D eigenvalue weighted by atomic mass is 35.5. The molecule has 2 heterocycles. The van der Waals surface area contributed by atoms with E-state index in [-0.39, 0.29) is 22.8 Å². The van der Waals surface area contributed by atoms with Crippen molar-refractivity contribution in [1.29, 1.82) is 0 Å². The third-order valence-electron chi connectivity index (χ3n) is 4.24. The van der Waals surface area contributed by atoms with Crippen molar-refractivity contribution < 1.29 is 9.53 Å². The summed E-state index contributed by atoms with van der Waals surface area (Å²) in [6.45, 7) is 3.17. The van der Waals surface area contributed by atoms with Crippen molar-refractivity contribution in [2.24, 2.45) is 5.92 Å². The van der Waals surface area contributed by atoms with Crippen molar-refractivity contribution in [2.75, 3.05) is 13.1 Å². The van der Waals surface area contributed by atoms with Crippen molar-refractivity contribution in [2.45, 2.75) is 19.4 Å². The number of hydrogen-bond acceptors (Lipinski definition) is 4. The van der Waals surface area contributed by atoms with Crippen LogP contribution in [0.1, 0.15) is 35.4 Å². The summed E-state index contributed by atoms with van der Waals surface area (Å²) in [4.78, 5) is 16.2. The minimum absolute atomic E-state index is 0.199. The highest BCUT2D eigenvalue weighted by molar-refractivity contribution is 6.44. The van der Waals surface area contributed by atoms with E-state index in [0.717, 1.165) is 25.1 Å². The molecule has 1 saturated heterocycles. The van der Waals surface area contributed by atoms with Gasteiger partial charge in [-0.15, -0.1) is 0 Å². The second-order valence-corrected chi connectivity index (χ2v) is 7.24. The summed E-state index contributed by atoms with van der Waals surface area (Å²) in [5, 5.41) is 4.40. The molecule has 1 N–H and O–H groups in total. The van der Waals surface area contributed by atoms with Crippen molar-refractivity contribution >= 4 is 40.6 Å².